The third-order valence-corrected chi connectivity index (χ3v) is 4.39. The van der Waals surface area contributed by atoms with Gasteiger partial charge in [-0.25, -0.2) is 4.79 Å². The Kier molecular flexibility index (Phi) is 6.65. The Morgan fingerprint density at radius 3 is 2.52 bits per heavy atom. The molecule has 1 fully saturated rings. The van der Waals surface area contributed by atoms with Crippen LogP contribution in [0.1, 0.15) is 26.7 Å². The molecule has 1 aromatic rings. The van der Waals surface area contributed by atoms with Gasteiger partial charge in [-0.3, -0.25) is 0 Å². The van der Waals surface area contributed by atoms with Crippen molar-refractivity contribution in [2.24, 2.45) is 0 Å². The average Bonchev–Trinajstić information content (AvgIpc) is 2.57. The zero-order valence-electron chi connectivity index (χ0n) is 13.8. The molecular weight excluding hydrogens is 310 g/mol. The fraction of sp³-hybridized carbons (Fsp3) is 0.529. The van der Waals surface area contributed by atoms with E-state index < -0.39 is 0 Å². The van der Waals surface area contributed by atoms with Crippen molar-refractivity contribution in [2.75, 3.05) is 31.6 Å². The number of hydrogen-bond acceptors (Lipinski definition) is 3. The first-order chi connectivity index (χ1) is 11.2. The van der Waals surface area contributed by atoms with Crippen molar-refractivity contribution < 1.29 is 9.53 Å². The van der Waals surface area contributed by atoms with Gasteiger partial charge in [0, 0.05) is 31.4 Å². The molecule has 0 saturated carbocycles. The number of thiocarbonyl (C=S) groups is 1. The third-order valence-electron chi connectivity index (χ3n) is 4.06. The predicted octanol–water partition coefficient (Wildman–Crippen LogP) is 3.33. The van der Waals surface area contributed by atoms with Gasteiger partial charge in [0.2, 0.25) is 0 Å². The van der Waals surface area contributed by atoms with Crippen LogP contribution in [0.2, 0.25) is 0 Å². The SMILES string of the molecule is CCOC(=O)N1CCC(N(CC)C(=S)Nc2ccccc2)CC1. The Labute approximate surface area is 143 Å². The van der Waals surface area contributed by atoms with Gasteiger partial charge in [0.25, 0.3) is 0 Å². The number of para-hydroxylation sites is 1. The van der Waals surface area contributed by atoms with Gasteiger partial charge in [0.15, 0.2) is 5.11 Å². The fourth-order valence-electron chi connectivity index (χ4n) is 2.86. The molecule has 0 atom stereocenters. The van der Waals surface area contributed by atoms with Gasteiger partial charge in [-0.05, 0) is 51.0 Å². The van der Waals surface area contributed by atoms with Gasteiger partial charge in [0.05, 0.1) is 6.61 Å². The maximum atomic E-state index is 11.8. The summed E-state index contributed by atoms with van der Waals surface area (Å²) in [4.78, 5) is 15.8. The van der Waals surface area contributed by atoms with E-state index in [2.05, 4.69) is 17.1 Å². The zero-order valence-corrected chi connectivity index (χ0v) is 14.6. The molecule has 1 saturated heterocycles. The predicted molar refractivity (Wildman–Crippen MR) is 96.7 cm³/mol. The second kappa shape index (κ2) is 8.72. The van der Waals surface area contributed by atoms with Gasteiger partial charge in [-0.1, -0.05) is 18.2 Å². The molecule has 0 spiro atoms. The quantitative estimate of drug-likeness (QED) is 0.855. The molecule has 2 rings (SSSR count). The molecule has 1 N–H and O–H groups in total. The first-order valence-corrected chi connectivity index (χ1v) is 8.60. The van der Waals surface area contributed by atoms with Crippen LogP contribution in [-0.2, 0) is 4.74 Å². The normalized spacial score (nSPS) is 15.1. The number of nitrogens with zero attached hydrogens (tertiary/aromatic N) is 2. The number of anilines is 1. The maximum Gasteiger partial charge on any atom is 0.409 e. The number of likely N-dealkylation sites (tertiary alicyclic amines) is 1. The second-order valence-corrected chi connectivity index (χ2v) is 5.89. The Balaban J connectivity index is 1.89. The summed E-state index contributed by atoms with van der Waals surface area (Å²) in [6, 6.07) is 10.3. The lowest BCUT2D eigenvalue weighted by Crippen LogP contribution is -2.49. The number of benzene rings is 1. The van der Waals surface area contributed by atoms with Crippen LogP contribution in [0.5, 0.6) is 0 Å². The van der Waals surface area contributed by atoms with Crippen LogP contribution < -0.4 is 5.32 Å². The van der Waals surface area contributed by atoms with E-state index in [1.165, 1.54) is 0 Å². The summed E-state index contributed by atoms with van der Waals surface area (Å²) >= 11 is 5.57. The molecule has 1 aliphatic heterocycles. The molecule has 1 aliphatic rings. The Bertz CT molecular complexity index is 516. The third kappa shape index (κ3) is 4.82. The van der Waals surface area contributed by atoms with Gasteiger partial charge >= 0.3 is 6.09 Å². The van der Waals surface area contributed by atoms with Crippen LogP contribution in [-0.4, -0.2) is 53.3 Å². The number of amides is 1. The first-order valence-electron chi connectivity index (χ1n) is 8.20. The van der Waals surface area contributed by atoms with Crippen molar-refractivity contribution >= 4 is 29.1 Å². The summed E-state index contributed by atoms with van der Waals surface area (Å²) in [6.45, 7) is 6.64. The smallest absolute Gasteiger partial charge is 0.409 e. The van der Waals surface area contributed by atoms with E-state index in [-0.39, 0.29) is 6.09 Å². The highest BCUT2D eigenvalue weighted by Gasteiger charge is 2.28. The number of ether oxygens (including phenoxy) is 1. The minimum Gasteiger partial charge on any atom is -0.450 e. The monoisotopic (exact) mass is 335 g/mol. The summed E-state index contributed by atoms with van der Waals surface area (Å²) in [5, 5.41) is 4.04. The van der Waals surface area contributed by atoms with Crippen LogP contribution in [0.15, 0.2) is 30.3 Å². The van der Waals surface area contributed by atoms with E-state index in [1.54, 1.807) is 4.90 Å². The van der Waals surface area contributed by atoms with Gasteiger partial charge < -0.3 is 19.9 Å². The number of carbonyl (C=O) groups is 1. The highest BCUT2D eigenvalue weighted by Crippen LogP contribution is 2.19. The fourth-order valence-corrected chi connectivity index (χ4v) is 3.26. The lowest BCUT2D eigenvalue weighted by atomic mass is 10.0. The number of rotatable bonds is 4. The van der Waals surface area contributed by atoms with E-state index in [9.17, 15) is 4.79 Å². The molecule has 5 nitrogen and oxygen atoms in total. The topological polar surface area (TPSA) is 44.8 Å². The molecule has 0 aromatic heterocycles. The summed E-state index contributed by atoms with van der Waals surface area (Å²) in [5.41, 5.74) is 1.000. The van der Waals surface area contributed by atoms with Crippen LogP contribution in [0, 0.1) is 0 Å². The van der Waals surface area contributed by atoms with Crippen molar-refractivity contribution in [1.82, 2.24) is 9.80 Å². The lowest BCUT2D eigenvalue weighted by molar-refractivity contribution is 0.0879. The molecular formula is C17H25N3O2S. The Hall–Kier alpha value is -1.82. The van der Waals surface area contributed by atoms with Crippen molar-refractivity contribution in [2.45, 2.75) is 32.7 Å². The molecule has 1 amide bonds. The highest BCUT2D eigenvalue weighted by atomic mass is 32.1. The summed E-state index contributed by atoms with van der Waals surface area (Å²) < 4.78 is 5.07. The van der Waals surface area contributed by atoms with Crippen LogP contribution in [0.4, 0.5) is 10.5 Å². The molecule has 1 aromatic carbocycles. The maximum absolute atomic E-state index is 11.8. The minimum atomic E-state index is -0.209. The molecule has 0 unspecified atom stereocenters. The van der Waals surface area contributed by atoms with E-state index >= 15 is 0 Å². The van der Waals surface area contributed by atoms with Crippen molar-refractivity contribution in [1.29, 1.82) is 0 Å². The van der Waals surface area contributed by atoms with Crippen LogP contribution in [0.3, 0.4) is 0 Å². The average molecular weight is 335 g/mol. The molecule has 0 bridgehead atoms. The number of nitrogens with one attached hydrogen (secondary N) is 1. The molecule has 6 heteroatoms. The van der Waals surface area contributed by atoms with E-state index in [0.29, 0.717) is 25.7 Å². The van der Waals surface area contributed by atoms with E-state index in [1.807, 2.05) is 37.3 Å². The lowest BCUT2D eigenvalue weighted by Gasteiger charge is -2.39. The van der Waals surface area contributed by atoms with Crippen molar-refractivity contribution in [3.8, 4) is 0 Å². The Morgan fingerprint density at radius 1 is 1.30 bits per heavy atom. The van der Waals surface area contributed by atoms with Gasteiger partial charge in [-0.2, -0.15) is 0 Å². The minimum absolute atomic E-state index is 0.209. The van der Waals surface area contributed by atoms with Crippen molar-refractivity contribution in [3.05, 3.63) is 30.3 Å². The van der Waals surface area contributed by atoms with Gasteiger partial charge in [-0.15, -0.1) is 0 Å². The molecule has 1 heterocycles. The highest BCUT2D eigenvalue weighted by molar-refractivity contribution is 7.80. The first kappa shape index (κ1) is 17.5. The summed E-state index contributed by atoms with van der Waals surface area (Å²) in [6.07, 6.45) is 1.60. The van der Waals surface area contributed by atoms with E-state index in [0.717, 1.165) is 30.2 Å². The van der Waals surface area contributed by atoms with Crippen LogP contribution in [0.25, 0.3) is 0 Å². The molecule has 0 radical (unpaired) electrons. The second-order valence-electron chi connectivity index (χ2n) is 5.50. The standard InChI is InChI=1S/C17H25N3O2S/c1-3-20(16(23)18-14-8-6-5-7-9-14)15-10-12-19(13-11-15)17(21)22-4-2/h5-9,15H,3-4,10-13H2,1-2H3,(H,18,23). The number of carbonyl (C=O) groups excluding carboxylic acids is 1. The molecule has 126 valence electrons. The molecule has 0 aliphatic carbocycles. The largest absolute Gasteiger partial charge is 0.450 e. The van der Waals surface area contributed by atoms with E-state index in [4.69, 9.17) is 17.0 Å². The number of piperidine rings is 1. The Morgan fingerprint density at radius 2 is 1.96 bits per heavy atom. The van der Waals surface area contributed by atoms with Gasteiger partial charge in [0.1, 0.15) is 0 Å². The zero-order chi connectivity index (χ0) is 16.7. The molecule has 23 heavy (non-hydrogen) atoms. The van der Waals surface area contributed by atoms with Crippen LogP contribution >= 0.6 is 12.2 Å². The summed E-state index contributed by atoms with van der Waals surface area (Å²) in [5.74, 6) is 0. The van der Waals surface area contributed by atoms with Crippen molar-refractivity contribution in [3.63, 3.8) is 0 Å². The summed E-state index contributed by atoms with van der Waals surface area (Å²) in [7, 11) is 0. The number of hydrogen-bond donors (Lipinski definition) is 1.